The summed E-state index contributed by atoms with van der Waals surface area (Å²) in [5.41, 5.74) is 3.31. The van der Waals surface area contributed by atoms with Gasteiger partial charge in [0.05, 0.1) is 6.10 Å². The number of benzene rings is 2. The zero-order chi connectivity index (χ0) is 19.3. The SMILES string of the molecule is CC(C)(C)NCCOc1ccccc1C(O)CCc1cccc2[nH]ccc12. The van der Waals surface area contributed by atoms with Crippen molar-refractivity contribution in [2.45, 2.75) is 45.3 Å². The Morgan fingerprint density at radius 2 is 1.89 bits per heavy atom. The average Bonchev–Trinajstić information content (AvgIpc) is 3.12. The van der Waals surface area contributed by atoms with E-state index >= 15 is 0 Å². The molecule has 0 aliphatic carbocycles. The number of rotatable bonds is 8. The van der Waals surface area contributed by atoms with E-state index in [0.717, 1.165) is 29.8 Å². The van der Waals surface area contributed by atoms with E-state index in [1.54, 1.807) is 0 Å². The summed E-state index contributed by atoms with van der Waals surface area (Å²) in [6.45, 7) is 7.74. The first-order valence-electron chi connectivity index (χ1n) is 9.64. The van der Waals surface area contributed by atoms with Crippen molar-refractivity contribution in [3.63, 3.8) is 0 Å². The predicted octanol–water partition coefficient (Wildman–Crippen LogP) is 4.60. The number of aromatic amines is 1. The van der Waals surface area contributed by atoms with Gasteiger partial charge in [-0.3, -0.25) is 0 Å². The van der Waals surface area contributed by atoms with Crippen LogP contribution in [0.25, 0.3) is 10.9 Å². The third-order valence-electron chi connectivity index (χ3n) is 4.67. The number of para-hydroxylation sites is 1. The normalized spacial score (nSPS) is 13.0. The van der Waals surface area contributed by atoms with Crippen molar-refractivity contribution in [3.05, 3.63) is 65.9 Å². The molecule has 144 valence electrons. The van der Waals surface area contributed by atoms with Crippen molar-refractivity contribution >= 4 is 10.9 Å². The number of hydrogen-bond acceptors (Lipinski definition) is 3. The van der Waals surface area contributed by atoms with Gasteiger partial charge in [0.15, 0.2) is 0 Å². The largest absolute Gasteiger partial charge is 0.492 e. The Hall–Kier alpha value is -2.30. The maximum atomic E-state index is 10.8. The molecule has 0 radical (unpaired) electrons. The molecule has 0 fully saturated rings. The van der Waals surface area contributed by atoms with Crippen LogP contribution in [0.5, 0.6) is 5.75 Å². The number of aliphatic hydroxyl groups is 1. The molecule has 1 aromatic heterocycles. The molecule has 0 saturated heterocycles. The summed E-state index contributed by atoms with van der Waals surface area (Å²) in [6, 6.07) is 16.1. The zero-order valence-electron chi connectivity index (χ0n) is 16.5. The highest BCUT2D eigenvalue weighted by molar-refractivity contribution is 5.82. The van der Waals surface area contributed by atoms with E-state index in [1.807, 2.05) is 30.5 Å². The summed E-state index contributed by atoms with van der Waals surface area (Å²) in [4.78, 5) is 3.24. The van der Waals surface area contributed by atoms with Crippen molar-refractivity contribution in [1.82, 2.24) is 10.3 Å². The third kappa shape index (κ3) is 5.34. The van der Waals surface area contributed by atoms with Crippen LogP contribution in [0.4, 0.5) is 0 Å². The zero-order valence-corrected chi connectivity index (χ0v) is 16.5. The molecule has 3 rings (SSSR count). The van der Waals surface area contributed by atoms with Crippen LogP contribution < -0.4 is 10.1 Å². The third-order valence-corrected chi connectivity index (χ3v) is 4.67. The van der Waals surface area contributed by atoms with Crippen LogP contribution in [0.2, 0.25) is 0 Å². The van der Waals surface area contributed by atoms with Crippen LogP contribution in [0.15, 0.2) is 54.7 Å². The van der Waals surface area contributed by atoms with E-state index < -0.39 is 6.10 Å². The number of H-pyrrole nitrogens is 1. The van der Waals surface area contributed by atoms with Crippen molar-refractivity contribution in [3.8, 4) is 5.75 Å². The van der Waals surface area contributed by atoms with Crippen molar-refractivity contribution < 1.29 is 9.84 Å². The Bertz CT molecular complexity index is 864. The first-order valence-corrected chi connectivity index (χ1v) is 9.64. The van der Waals surface area contributed by atoms with Gasteiger partial charge in [-0.1, -0.05) is 30.3 Å². The van der Waals surface area contributed by atoms with Gasteiger partial charge in [-0.15, -0.1) is 0 Å². The average molecular weight is 367 g/mol. The maximum absolute atomic E-state index is 10.8. The second-order valence-corrected chi connectivity index (χ2v) is 7.97. The summed E-state index contributed by atoms with van der Waals surface area (Å²) in [6.07, 6.45) is 2.88. The molecule has 3 aromatic rings. The quantitative estimate of drug-likeness (QED) is 0.511. The van der Waals surface area contributed by atoms with Crippen LogP contribution in [-0.2, 0) is 6.42 Å². The molecule has 1 unspecified atom stereocenters. The maximum Gasteiger partial charge on any atom is 0.125 e. The van der Waals surface area contributed by atoms with Gasteiger partial charge in [-0.05, 0) is 57.4 Å². The van der Waals surface area contributed by atoms with Crippen LogP contribution in [-0.4, -0.2) is 28.8 Å². The molecule has 4 heteroatoms. The van der Waals surface area contributed by atoms with E-state index in [-0.39, 0.29) is 5.54 Å². The molecule has 0 aliphatic heterocycles. The summed E-state index contributed by atoms with van der Waals surface area (Å²) < 4.78 is 5.94. The molecule has 0 saturated carbocycles. The number of hydrogen-bond donors (Lipinski definition) is 3. The first kappa shape index (κ1) is 19.5. The predicted molar refractivity (Wildman–Crippen MR) is 111 cm³/mol. The van der Waals surface area contributed by atoms with Crippen LogP contribution in [0, 0.1) is 0 Å². The summed E-state index contributed by atoms with van der Waals surface area (Å²) >= 11 is 0. The highest BCUT2D eigenvalue weighted by Gasteiger charge is 2.15. The van der Waals surface area contributed by atoms with E-state index in [9.17, 15) is 5.11 Å². The number of ether oxygens (including phenoxy) is 1. The summed E-state index contributed by atoms with van der Waals surface area (Å²) in [7, 11) is 0. The van der Waals surface area contributed by atoms with Gasteiger partial charge in [0, 0.05) is 34.7 Å². The van der Waals surface area contributed by atoms with Crippen molar-refractivity contribution in [2.75, 3.05) is 13.2 Å². The Morgan fingerprint density at radius 1 is 1.07 bits per heavy atom. The lowest BCUT2D eigenvalue weighted by atomic mass is 9.99. The van der Waals surface area contributed by atoms with Gasteiger partial charge in [0.1, 0.15) is 12.4 Å². The standard InChI is InChI=1S/C23H30N2O2/c1-23(2,3)25-15-16-27-22-10-5-4-8-19(22)21(26)12-11-17-7-6-9-20-18(17)13-14-24-20/h4-10,13-14,21,24-26H,11-12,15-16H2,1-3H3. The molecule has 4 nitrogen and oxygen atoms in total. The molecular weight excluding hydrogens is 336 g/mol. The Kier molecular flexibility index (Phi) is 6.19. The molecule has 1 atom stereocenters. The van der Waals surface area contributed by atoms with Crippen LogP contribution >= 0.6 is 0 Å². The topological polar surface area (TPSA) is 57.3 Å². The fraction of sp³-hybridized carbons (Fsp3) is 0.391. The molecule has 27 heavy (non-hydrogen) atoms. The smallest absolute Gasteiger partial charge is 0.125 e. The minimum atomic E-state index is -0.550. The summed E-state index contributed by atoms with van der Waals surface area (Å²) in [5, 5.41) is 15.4. The number of fused-ring (bicyclic) bond motifs is 1. The highest BCUT2D eigenvalue weighted by atomic mass is 16.5. The van der Waals surface area contributed by atoms with Gasteiger partial charge >= 0.3 is 0 Å². The van der Waals surface area contributed by atoms with Crippen LogP contribution in [0.1, 0.15) is 44.4 Å². The number of aryl methyl sites for hydroxylation is 1. The minimum absolute atomic E-state index is 0.0711. The molecule has 1 heterocycles. The van der Waals surface area contributed by atoms with Gasteiger partial charge in [-0.25, -0.2) is 0 Å². The first-order chi connectivity index (χ1) is 12.9. The van der Waals surface area contributed by atoms with E-state index in [1.165, 1.54) is 10.9 Å². The lowest BCUT2D eigenvalue weighted by molar-refractivity contribution is 0.161. The van der Waals surface area contributed by atoms with E-state index in [0.29, 0.717) is 13.0 Å². The Balaban J connectivity index is 1.61. The van der Waals surface area contributed by atoms with Gasteiger partial charge < -0.3 is 20.1 Å². The fourth-order valence-electron chi connectivity index (χ4n) is 3.29. The second-order valence-electron chi connectivity index (χ2n) is 7.97. The molecular formula is C23H30N2O2. The van der Waals surface area contributed by atoms with Crippen molar-refractivity contribution in [2.24, 2.45) is 0 Å². The minimum Gasteiger partial charge on any atom is -0.492 e. The van der Waals surface area contributed by atoms with Gasteiger partial charge in [0.25, 0.3) is 0 Å². The lowest BCUT2D eigenvalue weighted by Gasteiger charge is -2.21. The van der Waals surface area contributed by atoms with Crippen LogP contribution in [0.3, 0.4) is 0 Å². The van der Waals surface area contributed by atoms with E-state index in [4.69, 9.17) is 4.74 Å². The Labute approximate surface area is 161 Å². The summed E-state index contributed by atoms with van der Waals surface area (Å²) in [5.74, 6) is 0.764. The second kappa shape index (κ2) is 8.59. The number of aliphatic hydroxyl groups excluding tert-OH is 1. The van der Waals surface area contributed by atoms with Gasteiger partial charge in [0.2, 0.25) is 0 Å². The molecule has 3 N–H and O–H groups in total. The monoisotopic (exact) mass is 366 g/mol. The van der Waals surface area contributed by atoms with Gasteiger partial charge in [-0.2, -0.15) is 0 Å². The molecule has 2 aromatic carbocycles. The molecule has 0 amide bonds. The fourth-order valence-corrected chi connectivity index (χ4v) is 3.29. The Morgan fingerprint density at radius 3 is 2.70 bits per heavy atom. The van der Waals surface area contributed by atoms with E-state index in [2.05, 4.69) is 55.3 Å². The lowest BCUT2D eigenvalue weighted by Crippen LogP contribution is -2.38. The molecule has 0 bridgehead atoms. The molecule has 0 aliphatic rings. The highest BCUT2D eigenvalue weighted by Crippen LogP contribution is 2.29. The molecule has 0 spiro atoms. The number of nitrogens with one attached hydrogen (secondary N) is 2. The van der Waals surface area contributed by atoms with Crippen molar-refractivity contribution in [1.29, 1.82) is 0 Å². The number of aromatic nitrogens is 1.